The van der Waals surface area contributed by atoms with Gasteiger partial charge in [0.05, 0.1) is 10.6 Å². The molecule has 0 aliphatic carbocycles. The van der Waals surface area contributed by atoms with Crippen molar-refractivity contribution in [1.29, 1.82) is 0 Å². The molecular weight excluding hydrogens is 596 g/mol. The van der Waals surface area contributed by atoms with Gasteiger partial charge < -0.3 is 14.7 Å². The molecule has 228 valence electrons. The van der Waals surface area contributed by atoms with Crippen molar-refractivity contribution in [3.05, 3.63) is 98.5 Å². The molecule has 1 saturated heterocycles. The molecule has 2 aliphatic rings. The fourth-order valence-corrected chi connectivity index (χ4v) is 6.59. The van der Waals surface area contributed by atoms with Crippen LogP contribution in [-0.4, -0.2) is 62.6 Å². The average Bonchev–Trinajstić information content (AvgIpc) is 3.19. The number of nitrogens with zero attached hydrogens (tertiary/aromatic N) is 3. The van der Waals surface area contributed by atoms with Gasteiger partial charge in [-0.2, -0.15) is 0 Å². The number of aliphatic hydroxyl groups excluding tert-OH is 1. The van der Waals surface area contributed by atoms with E-state index in [1.165, 1.54) is 6.20 Å². The molecule has 2 amide bonds. The number of ether oxygens (including phenoxy) is 1. The SMILES string of the molecule is CC(C)(C)OC(=O)N1CCC(C(CO)C2(c3ccc(Cl)cc3)c3ccc(Cc4ccc(Cl)cn4)c(F)c3C(=O)N2O)CC1. The van der Waals surface area contributed by atoms with Gasteiger partial charge in [-0.05, 0) is 74.9 Å². The van der Waals surface area contributed by atoms with E-state index in [9.17, 15) is 19.9 Å². The number of rotatable bonds is 6. The summed E-state index contributed by atoms with van der Waals surface area (Å²) in [5.41, 5.74) is -0.987. The number of hydrogen-bond acceptors (Lipinski definition) is 6. The van der Waals surface area contributed by atoms with E-state index >= 15 is 4.39 Å². The van der Waals surface area contributed by atoms with Crippen molar-refractivity contribution in [2.45, 2.75) is 51.2 Å². The Bertz CT molecular complexity index is 1510. The van der Waals surface area contributed by atoms with Gasteiger partial charge in [-0.1, -0.05) is 47.5 Å². The number of aliphatic hydroxyl groups is 1. The van der Waals surface area contributed by atoms with E-state index in [0.717, 1.165) is 0 Å². The molecule has 1 fully saturated rings. The van der Waals surface area contributed by atoms with Crippen molar-refractivity contribution in [3.8, 4) is 0 Å². The summed E-state index contributed by atoms with van der Waals surface area (Å²) in [5.74, 6) is -2.65. The number of hydrogen-bond donors (Lipinski definition) is 2. The highest BCUT2D eigenvalue weighted by atomic mass is 35.5. The molecule has 8 nitrogen and oxygen atoms in total. The maximum absolute atomic E-state index is 16.2. The molecule has 0 spiro atoms. The van der Waals surface area contributed by atoms with E-state index in [1.807, 2.05) is 0 Å². The van der Waals surface area contributed by atoms with Crippen LogP contribution in [0.3, 0.4) is 0 Å². The Morgan fingerprint density at radius 1 is 1.09 bits per heavy atom. The molecule has 3 aromatic rings. The Morgan fingerprint density at radius 2 is 1.74 bits per heavy atom. The lowest BCUT2D eigenvalue weighted by atomic mass is 9.66. The van der Waals surface area contributed by atoms with Gasteiger partial charge in [0.2, 0.25) is 0 Å². The first-order valence-corrected chi connectivity index (χ1v) is 14.9. The third kappa shape index (κ3) is 5.83. The van der Waals surface area contributed by atoms with Crippen molar-refractivity contribution >= 4 is 35.2 Å². The molecule has 0 bridgehead atoms. The second-order valence-electron chi connectivity index (χ2n) is 12.1. The molecule has 5 rings (SSSR count). The van der Waals surface area contributed by atoms with Crippen molar-refractivity contribution in [2.75, 3.05) is 19.7 Å². The zero-order valence-electron chi connectivity index (χ0n) is 24.2. The Hall–Kier alpha value is -3.24. The number of halogens is 3. The van der Waals surface area contributed by atoms with Gasteiger partial charge in [0.15, 0.2) is 0 Å². The van der Waals surface area contributed by atoms with Gasteiger partial charge in [0.25, 0.3) is 5.91 Å². The summed E-state index contributed by atoms with van der Waals surface area (Å²) in [6, 6.07) is 13.2. The number of benzene rings is 2. The van der Waals surface area contributed by atoms with Crippen LogP contribution in [0, 0.1) is 17.7 Å². The maximum atomic E-state index is 16.2. The maximum Gasteiger partial charge on any atom is 0.410 e. The summed E-state index contributed by atoms with van der Waals surface area (Å²) in [5, 5.41) is 24.0. The van der Waals surface area contributed by atoms with Crippen LogP contribution < -0.4 is 0 Å². The number of amides is 2. The molecule has 2 atom stereocenters. The number of piperidine rings is 1. The van der Waals surface area contributed by atoms with Crippen LogP contribution in [0.4, 0.5) is 9.18 Å². The van der Waals surface area contributed by atoms with E-state index in [1.54, 1.807) is 74.2 Å². The summed E-state index contributed by atoms with van der Waals surface area (Å²) in [6.07, 6.45) is 2.10. The van der Waals surface area contributed by atoms with Crippen LogP contribution in [-0.2, 0) is 16.7 Å². The van der Waals surface area contributed by atoms with E-state index in [-0.39, 0.29) is 29.0 Å². The number of likely N-dealkylation sites (tertiary alicyclic amines) is 1. The molecule has 11 heteroatoms. The zero-order chi connectivity index (χ0) is 31.1. The van der Waals surface area contributed by atoms with E-state index in [2.05, 4.69) is 4.98 Å². The average molecular weight is 631 g/mol. The molecule has 2 unspecified atom stereocenters. The van der Waals surface area contributed by atoms with Crippen molar-refractivity contribution in [1.82, 2.24) is 14.9 Å². The van der Waals surface area contributed by atoms with Gasteiger partial charge in [0, 0.05) is 54.5 Å². The van der Waals surface area contributed by atoms with Crippen LogP contribution in [0.1, 0.15) is 66.4 Å². The predicted molar refractivity (Wildman–Crippen MR) is 160 cm³/mol. The summed E-state index contributed by atoms with van der Waals surface area (Å²) in [7, 11) is 0. The second-order valence-corrected chi connectivity index (χ2v) is 13.0. The van der Waals surface area contributed by atoms with Crippen LogP contribution in [0.5, 0.6) is 0 Å². The molecule has 0 saturated carbocycles. The first kappa shape index (κ1) is 31.2. The Labute approximate surface area is 259 Å². The molecule has 3 heterocycles. The number of carbonyl (C=O) groups excluding carboxylic acids is 2. The highest BCUT2D eigenvalue weighted by Gasteiger charge is 2.58. The predicted octanol–water partition coefficient (Wildman–Crippen LogP) is 6.46. The van der Waals surface area contributed by atoms with Crippen LogP contribution in [0.25, 0.3) is 0 Å². The first-order valence-electron chi connectivity index (χ1n) is 14.2. The van der Waals surface area contributed by atoms with E-state index < -0.39 is 41.5 Å². The van der Waals surface area contributed by atoms with Crippen LogP contribution in [0.2, 0.25) is 10.0 Å². The highest BCUT2D eigenvalue weighted by Crippen LogP contribution is 2.53. The third-order valence-electron chi connectivity index (χ3n) is 8.31. The molecule has 1 aromatic heterocycles. The first-order chi connectivity index (χ1) is 20.4. The normalized spacial score (nSPS) is 19.9. The van der Waals surface area contributed by atoms with Gasteiger partial charge in [0.1, 0.15) is 17.0 Å². The minimum atomic E-state index is -1.61. The summed E-state index contributed by atoms with van der Waals surface area (Å²) < 4.78 is 21.7. The zero-order valence-corrected chi connectivity index (χ0v) is 25.7. The lowest BCUT2D eigenvalue weighted by Crippen LogP contribution is -2.54. The van der Waals surface area contributed by atoms with E-state index in [4.69, 9.17) is 27.9 Å². The van der Waals surface area contributed by atoms with Gasteiger partial charge in [-0.3, -0.25) is 15.0 Å². The third-order valence-corrected chi connectivity index (χ3v) is 8.79. The van der Waals surface area contributed by atoms with E-state index in [0.29, 0.717) is 52.3 Å². The number of aromatic nitrogens is 1. The summed E-state index contributed by atoms with van der Waals surface area (Å²) in [6.45, 7) is 5.71. The van der Waals surface area contributed by atoms with Crippen molar-refractivity contribution in [3.63, 3.8) is 0 Å². The summed E-state index contributed by atoms with van der Waals surface area (Å²) in [4.78, 5) is 32.3. The molecule has 43 heavy (non-hydrogen) atoms. The lowest BCUT2D eigenvalue weighted by molar-refractivity contribution is -0.150. The molecular formula is C32H34Cl2FN3O5. The number of carbonyl (C=O) groups is 2. The Morgan fingerprint density at radius 3 is 2.33 bits per heavy atom. The minimum Gasteiger partial charge on any atom is -0.444 e. The van der Waals surface area contributed by atoms with Crippen molar-refractivity contribution in [2.24, 2.45) is 11.8 Å². The molecule has 2 aromatic carbocycles. The molecule has 2 aliphatic heterocycles. The number of pyridine rings is 1. The van der Waals surface area contributed by atoms with Gasteiger partial charge in [-0.25, -0.2) is 14.2 Å². The molecule has 0 radical (unpaired) electrons. The fourth-order valence-electron chi connectivity index (χ4n) is 6.35. The topological polar surface area (TPSA) is 103 Å². The largest absolute Gasteiger partial charge is 0.444 e. The van der Waals surface area contributed by atoms with Crippen LogP contribution in [0.15, 0.2) is 54.7 Å². The Balaban J connectivity index is 1.56. The lowest BCUT2D eigenvalue weighted by Gasteiger charge is -2.47. The quantitative estimate of drug-likeness (QED) is 0.303. The smallest absolute Gasteiger partial charge is 0.410 e. The van der Waals surface area contributed by atoms with Crippen LogP contribution >= 0.6 is 23.2 Å². The van der Waals surface area contributed by atoms with Gasteiger partial charge >= 0.3 is 6.09 Å². The van der Waals surface area contributed by atoms with Crippen molar-refractivity contribution < 1.29 is 29.0 Å². The Kier molecular flexibility index (Phi) is 8.73. The number of hydroxylamine groups is 2. The second kappa shape index (κ2) is 12.0. The highest BCUT2D eigenvalue weighted by molar-refractivity contribution is 6.30. The summed E-state index contributed by atoms with van der Waals surface area (Å²) >= 11 is 12.1. The van der Waals surface area contributed by atoms with Gasteiger partial charge in [-0.15, -0.1) is 0 Å². The minimum absolute atomic E-state index is 0.107. The molecule has 2 N–H and O–H groups in total. The standard InChI is InChI=1S/C32H34Cl2FN3O5/c1-31(2,3)43-30(41)37-14-12-19(13-15-37)26(18-39)32(21-5-7-22(33)8-6-21)25-11-4-20(16-24-10-9-23(34)17-36-24)28(35)27(25)29(40)38(32)42/h4-11,17,19,26,39,42H,12-16,18H2,1-3H3. The monoisotopic (exact) mass is 629 g/mol. The fraction of sp³-hybridized carbons (Fsp3) is 0.406. The number of fused-ring (bicyclic) bond motifs is 1.